The summed E-state index contributed by atoms with van der Waals surface area (Å²) < 4.78 is 1.34. The Morgan fingerprint density at radius 2 is 1.85 bits per heavy atom. The van der Waals surface area contributed by atoms with Crippen molar-refractivity contribution in [1.82, 2.24) is 5.43 Å². The van der Waals surface area contributed by atoms with Crippen molar-refractivity contribution < 1.29 is 0 Å². The summed E-state index contributed by atoms with van der Waals surface area (Å²) in [5.41, 5.74) is 6.80. The van der Waals surface area contributed by atoms with Gasteiger partial charge >= 0.3 is 0 Å². The van der Waals surface area contributed by atoms with Crippen molar-refractivity contribution in [2.45, 2.75) is 19.4 Å². The molecule has 3 N–H and O–H groups in total. The van der Waals surface area contributed by atoms with Crippen LogP contribution in [0, 0.1) is 6.92 Å². The first-order chi connectivity index (χ1) is 9.78. The van der Waals surface area contributed by atoms with Crippen molar-refractivity contribution in [1.29, 1.82) is 0 Å². The average Bonchev–Trinajstić information content (AvgIpc) is 2.89. The van der Waals surface area contributed by atoms with Gasteiger partial charge in [-0.1, -0.05) is 48.0 Å². The highest BCUT2D eigenvalue weighted by Gasteiger charge is 2.13. The molecule has 102 valence electrons. The van der Waals surface area contributed by atoms with Gasteiger partial charge in [0.1, 0.15) is 0 Å². The Morgan fingerprint density at radius 1 is 1.10 bits per heavy atom. The SMILES string of the molecule is Cc1ccc(C(Cc2csc3ccccc23)NN)cc1. The second-order valence-electron chi connectivity index (χ2n) is 5.09. The van der Waals surface area contributed by atoms with Crippen LogP contribution in [-0.2, 0) is 6.42 Å². The predicted molar refractivity (Wildman–Crippen MR) is 86.8 cm³/mol. The number of nitrogens with one attached hydrogen (secondary N) is 1. The van der Waals surface area contributed by atoms with E-state index in [0.717, 1.165) is 6.42 Å². The van der Waals surface area contributed by atoms with Gasteiger partial charge in [0.2, 0.25) is 0 Å². The van der Waals surface area contributed by atoms with Crippen molar-refractivity contribution in [3.8, 4) is 0 Å². The van der Waals surface area contributed by atoms with E-state index in [9.17, 15) is 0 Å². The van der Waals surface area contributed by atoms with Gasteiger partial charge in [0.25, 0.3) is 0 Å². The molecule has 3 heteroatoms. The molecular weight excluding hydrogens is 264 g/mol. The first kappa shape index (κ1) is 13.3. The summed E-state index contributed by atoms with van der Waals surface area (Å²) in [5, 5.41) is 3.58. The number of nitrogens with two attached hydrogens (primary N) is 1. The summed E-state index contributed by atoms with van der Waals surface area (Å²) in [6.07, 6.45) is 0.906. The maximum absolute atomic E-state index is 5.76. The third-order valence-corrected chi connectivity index (χ3v) is 4.68. The van der Waals surface area contributed by atoms with E-state index < -0.39 is 0 Å². The van der Waals surface area contributed by atoms with Crippen molar-refractivity contribution in [3.63, 3.8) is 0 Å². The molecule has 3 aromatic rings. The fraction of sp³-hybridized carbons (Fsp3) is 0.176. The summed E-state index contributed by atoms with van der Waals surface area (Å²) >= 11 is 1.80. The molecule has 0 spiro atoms. The zero-order chi connectivity index (χ0) is 13.9. The van der Waals surface area contributed by atoms with Gasteiger partial charge in [-0.25, -0.2) is 0 Å². The van der Waals surface area contributed by atoms with E-state index in [1.165, 1.54) is 26.8 Å². The van der Waals surface area contributed by atoms with E-state index in [-0.39, 0.29) is 6.04 Å². The Kier molecular flexibility index (Phi) is 3.83. The minimum Gasteiger partial charge on any atom is -0.271 e. The van der Waals surface area contributed by atoms with E-state index in [1.54, 1.807) is 11.3 Å². The minimum atomic E-state index is 0.147. The predicted octanol–water partition coefficient (Wildman–Crippen LogP) is 3.96. The van der Waals surface area contributed by atoms with Gasteiger partial charge in [0.05, 0.1) is 6.04 Å². The number of hydrogen-bond donors (Lipinski definition) is 2. The number of hydrazine groups is 1. The molecule has 20 heavy (non-hydrogen) atoms. The number of benzene rings is 2. The second kappa shape index (κ2) is 5.75. The van der Waals surface area contributed by atoms with Crippen molar-refractivity contribution >= 4 is 21.4 Å². The smallest absolute Gasteiger partial charge is 0.0500 e. The molecule has 0 bridgehead atoms. The standard InChI is InChI=1S/C17H18N2S/c1-12-6-8-13(9-7-12)16(19-18)10-14-11-20-17-5-3-2-4-15(14)17/h2-9,11,16,19H,10,18H2,1H3. The third kappa shape index (κ3) is 2.61. The number of fused-ring (bicyclic) bond motifs is 1. The normalized spacial score (nSPS) is 12.7. The lowest BCUT2D eigenvalue weighted by Gasteiger charge is -2.16. The molecule has 0 aliphatic rings. The summed E-state index contributed by atoms with van der Waals surface area (Å²) in [6, 6.07) is 17.2. The van der Waals surface area contributed by atoms with E-state index in [1.807, 2.05) is 0 Å². The lowest BCUT2D eigenvalue weighted by atomic mass is 9.98. The van der Waals surface area contributed by atoms with Gasteiger partial charge < -0.3 is 0 Å². The molecule has 1 heterocycles. The molecule has 0 fully saturated rings. The van der Waals surface area contributed by atoms with Gasteiger partial charge in [0, 0.05) is 4.70 Å². The quantitative estimate of drug-likeness (QED) is 0.561. The van der Waals surface area contributed by atoms with E-state index >= 15 is 0 Å². The summed E-state index contributed by atoms with van der Waals surface area (Å²) in [7, 11) is 0. The van der Waals surface area contributed by atoms with E-state index in [2.05, 4.69) is 66.3 Å². The van der Waals surface area contributed by atoms with Gasteiger partial charge in [-0.3, -0.25) is 11.3 Å². The Labute approximate surface area is 123 Å². The highest BCUT2D eigenvalue weighted by Crippen LogP contribution is 2.29. The highest BCUT2D eigenvalue weighted by atomic mass is 32.1. The van der Waals surface area contributed by atoms with Crippen LogP contribution in [0.25, 0.3) is 10.1 Å². The number of rotatable bonds is 4. The first-order valence-corrected chi connectivity index (χ1v) is 7.63. The van der Waals surface area contributed by atoms with Gasteiger partial charge in [0.15, 0.2) is 0 Å². The topological polar surface area (TPSA) is 38.0 Å². The largest absolute Gasteiger partial charge is 0.271 e. The third-order valence-electron chi connectivity index (χ3n) is 3.67. The van der Waals surface area contributed by atoms with Crippen molar-refractivity contribution in [2.24, 2.45) is 5.84 Å². The monoisotopic (exact) mass is 282 g/mol. The van der Waals surface area contributed by atoms with Crippen molar-refractivity contribution in [3.05, 3.63) is 70.6 Å². The van der Waals surface area contributed by atoms with Gasteiger partial charge in [-0.2, -0.15) is 0 Å². The zero-order valence-electron chi connectivity index (χ0n) is 11.5. The summed E-state index contributed by atoms with van der Waals surface area (Å²) in [5.74, 6) is 5.76. The average molecular weight is 282 g/mol. The van der Waals surface area contributed by atoms with Crippen LogP contribution in [0.4, 0.5) is 0 Å². The second-order valence-corrected chi connectivity index (χ2v) is 6.00. The fourth-order valence-electron chi connectivity index (χ4n) is 2.48. The molecule has 2 aromatic carbocycles. The lowest BCUT2D eigenvalue weighted by molar-refractivity contribution is 0.554. The molecule has 0 amide bonds. The number of aryl methyl sites for hydroxylation is 1. The molecular formula is C17H18N2S. The number of hydrogen-bond acceptors (Lipinski definition) is 3. The Morgan fingerprint density at radius 3 is 2.60 bits per heavy atom. The van der Waals surface area contributed by atoms with Crippen molar-refractivity contribution in [2.75, 3.05) is 0 Å². The lowest BCUT2D eigenvalue weighted by Crippen LogP contribution is -2.29. The number of thiophene rings is 1. The summed E-state index contributed by atoms with van der Waals surface area (Å²) in [6.45, 7) is 2.10. The van der Waals surface area contributed by atoms with Crippen LogP contribution in [0.15, 0.2) is 53.9 Å². The Bertz CT molecular complexity index is 700. The maximum Gasteiger partial charge on any atom is 0.0500 e. The van der Waals surface area contributed by atoms with Crippen LogP contribution in [0.5, 0.6) is 0 Å². The Balaban J connectivity index is 1.89. The van der Waals surface area contributed by atoms with Crippen LogP contribution < -0.4 is 11.3 Å². The molecule has 2 nitrogen and oxygen atoms in total. The van der Waals surface area contributed by atoms with Crippen LogP contribution >= 0.6 is 11.3 Å². The molecule has 0 aliphatic heterocycles. The highest BCUT2D eigenvalue weighted by molar-refractivity contribution is 7.17. The van der Waals surface area contributed by atoms with Crippen LogP contribution in [0.3, 0.4) is 0 Å². The molecule has 0 saturated heterocycles. The molecule has 0 aliphatic carbocycles. The van der Waals surface area contributed by atoms with Crippen LogP contribution in [0.2, 0.25) is 0 Å². The molecule has 0 radical (unpaired) electrons. The molecule has 3 rings (SSSR count). The van der Waals surface area contributed by atoms with Gasteiger partial charge in [-0.05, 0) is 41.3 Å². The minimum absolute atomic E-state index is 0.147. The molecule has 1 aromatic heterocycles. The molecule has 0 saturated carbocycles. The molecule has 1 unspecified atom stereocenters. The maximum atomic E-state index is 5.76. The summed E-state index contributed by atoms with van der Waals surface area (Å²) in [4.78, 5) is 0. The zero-order valence-corrected chi connectivity index (χ0v) is 12.3. The van der Waals surface area contributed by atoms with Gasteiger partial charge in [-0.15, -0.1) is 11.3 Å². The Hall–Kier alpha value is -1.68. The molecule has 1 atom stereocenters. The fourth-order valence-corrected chi connectivity index (χ4v) is 3.46. The first-order valence-electron chi connectivity index (χ1n) is 6.76. The van der Waals surface area contributed by atoms with Crippen LogP contribution in [-0.4, -0.2) is 0 Å². The van der Waals surface area contributed by atoms with E-state index in [4.69, 9.17) is 5.84 Å². The van der Waals surface area contributed by atoms with E-state index in [0.29, 0.717) is 0 Å². The van der Waals surface area contributed by atoms with Crippen LogP contribution in [0.1, 0.15) is 22.7 Å².